The number of nitrogen functional groups attached to an aromatic ring is 1. The molecule has 0 saturated heterocycles. The molecule has 204 valence electrons. The van der Waals surface area contributed by atoms with Gasteiger partial charge in [0.2, 0.25) is 5.95 Å². The van der Waals surface area contributed by atoms with Gasteiger partial charge in [-0.1, -0.05) is 18.2 Å². The van der Waals surface area contributed by atoms with Crippen molar-refractivity contribution in [2.24, 2.45) is 0 Å². The van der Waals surface area contributed by atoms with Crippen molar-refractivity contribution in [3.63, 3.8) is 0 Å². The molecule has 0 amide bonds. The molecule has 2 saturated carbocycles. The zero-order valence-electron chi connectivity index (χ0n) is 22.0. The largest absolute Gasteiger partial charge is 0.392 e. The number of hydrogen-bond acceptors (Lipinski definition) is 7. The molecule has 3 aromatic heterocycles. The van der Waals surface area contributed by atoms with E-state index in [1.54, 1.807) is 42.6 Å². The van der Waals surface area contributed by atoms with Gasteiger partial charge in [-0.15, -0.1) is 0 Å². The third kappa shape index (κ3) is 4.50. The van der Waals surface area contributed by atoms with E-state index in [9.17, 15) is 15.2 Å². The monoisotopic (exact) mass is 547 g/mol. The quantitative estimate of drug-likeness (QED) is 0.252. The molecule has 0 radical (unpaired) electrons. The zero-order valence-corrected chi connectivity index (χ0v) is 22.0. The van der Waals surface area contributed by atoms with E-state index in [4.69, 9.17) is 5.73 Å². The third-order valence-corrected chi connectivity index (χ3v) is 7.78. The summed E-state index contributed by atoms with van der Waals surface area (Å²) in [5, 5.41) is 23.7. The van der Waals surface area contributed by atoms with Crippen molar-refractivity contribution in [3.05, 3.63) is 93.9 Å². The van der Waals surface area contributed by atoms with Gasteiger partial charge in [-0.3, -0.25) is 9.36 Å². The summed E-state index contributed by atoms with van der Waals surface area (Å²) < 4.78 is 18.5. The Hall–Kier alpha value is -5.01. The van der Waals surface area contributed by atoms with E-state index in [-0.39, 0.29) is 17.2 Å². The number of nitriles is 1. The smallest absolute Gasteiger partial charge is 0.265 e. The van der Waals surface area contributed by atoms with Gasteiger partial charge < -0.3 is 20.7 Å². The number of hydrogen-bond donors (Lipinski definition) is 3. The van der Waals surface area contributed by atoms with Gasteiger partial charge >= 0.3 is 0 Å². The van der Waals surface area contributed by atoms with Gasteiger partial charge in [-0.05, 0) is 66.8 Å². The highest BCUT2D eigenvalue weighted by molar-refractivity contribution is 5.84. The SMILES string of the molecule is N#Cc1cc(Nc2nc(N)cc(-c3cccc(-n4ccc5cc(C6CC6)cc(F)c5c4=O)c3CO)n2)cn1C1CC1. The van der Waals surface area contributed by atoms with Gasteiger partial charge in [0.15, 0.2) is 0 Å². The third-order valence-electron chi connectivity index (χ3n) is 7.78. The first kappa shape index (κ1) is 25.0. The highest BCUT2D eigenvalue weighted by Gasteiger charge is 2.27. The molecule has 2 fully saturated rings. The molecule has 41 heavy (non-hydrogen) atoms. The van der Waals surface area contributed by atoms with Crippen molar-refractivity contribution in [1.82, 2.24) is 19.1 Å². The fourth-order valence-electron chi connectivity index (χ4n) is 5.48. The molecule has 2 aromatic carbocycles. The Bertz CT molecular complexity index is 1950. The maximum Gasteiger partial charge on any atom is 0.265 e. The van der Waals surface area contributed by atoms with Gasteiger partial charge in [0.1, 0.15) is 23.4 Å². The summed E-state index contributed by atoms with van der Waals surface area (Å²) in [6.07, 6.45) is 7.62. The number of aliphatic hydroxyl groups is 1. The van der Waals surface area contributed by atoms with Gasteiger partial charge in [0.05, 0.1) is 29.1 Å². The first-order chi connectivity index (χ1) is 19.9. The van der Waals surface area contributed by atoms with E-state index in [1.165, 1.54) is 10.6 Å². The highest BCUT2D eigenvalue weighted by Crippen LogP contribution is 2.41. The number of fused-ring (bicyclic) bond motifs is 1. The van der Waals surface area contributed by atoms with Crippen LogP contribution in [0.2, 0.25) is 0 Å². The van der Waals surface area contributed by atoms with E-state index in [1.807, 2.05) is 16.8 Å². The van der Waals surface area contributed by atoms with Crippen LogP contribution in [0.25, 0.3) is 27.7 Å². The normalized spacial score (nSPS) is 14.8. The van der Waals surface area contributed by atoms with Crippen LogP contribution in [0.4, 0.5) is 21.8 Å². The molecule has 0 atom stereocenters. The number of nitrogens with two attached hydrogens (primary N) is 1. The van der Waals surface area contributed by atoms with E-state index >= 15 is 4.39 Å². The zero-order chi connectivity index (χ0) is 28.2. The van der Waals surface area contributed by atoms with Crippen LogP contribution in [-0.4, -0.2) is 24.2 Å². The molecule has 2 aliphatic carbocycles. The lowest BCUT2D eigenvalue weighted by molar-refractivity contribution is 0.282. The number of anilines is 3. The molecule has 0 spiro atoms. The minimum Gasteiger partial charge on any atom is -0.392 e. The molecular formula is C31H26FN7O2. The van der Waals surface area contributed by atoms with Crippen molar-refractivity contribution < 1.29 is 9.50 Å². The van der Waals surface area contributed by atoms with Crippen LogP contribution in [0, 0.1) is 17.1 Å². The molecule has 4 N–H and O–H groups in total. The fraction of sp³-hybridized carbons (Fsp3) is 0.226. The van der Waals surface area contributed by atoms with E-state index < -0.39 is 18.0 Å². The standard InChI is InChI=1S/C31H26FN7O2/c32-25-11-19(17-4-5-17)10-18-8-9-38(30(41)29(18)25)27-3-1-2-23(24(27)16-40)26-13-28(34)37-31(36-26)35-20-12-22(14-33)39(15-20)21-6-7-21/h1-3,8-13,15,17,21,40H,4-7,16H2,(H3,34,35,36,37). The Morgan fingerprint density at radius 3 is 2.68 bits per heavy atom. The van der Waals surface area contributed by atoms with Crippen LogP contribution in [0.3, 0.4) is 0 Å². The van der Waals surface area contributed by atoms with E-state index in [0.29, 0.717) is 51.2 Å². The second-order valence-electron chi connectivity index (χ2n) is 10.7. The summed E-state index contributed by atoms with van der Waals surface area (Å²) in [5.74, 6) is 0.244. The van der Waals surface area contributed by atoms with Gasteiger partial charge in [0.25, 0.3) is 5.56 Å². The second kappa shape index (κ2) is 9.57. The lowest BCUT2D eigenvalue weighted by Crippen LogP contribution is -2.20. The number of benzene rings is 2. The minimum atomic E-state index is -0.542. The first-order valence-electron chi connectivity index (χ1n) is 13.6. The number of nitrogens with zero attached hydrogens (tertiary/aromatic N) is 5. The van der Waals surface area contributed by atoms with Gasteiger partial charge in [0, 0.05) is 35.6 Å². The summed E-state index contributed by atoms with van der Waals surface area (Å²) in [4.78, 5) is 22.5. The fourth-order valence-corrected chi connectivity index (χ4v) is 5.48. The number of aromatic nitrogens is 4. The van der Waals surface area contributed by atoms with Crippen LogP contribution < -0.4 is 16.6 Å². The van der Waals surface area contributed by atoms with Crippen molar-refractivity contribution in [2.45, 2.75) is 44.2 Å². The maximum atomic E-state index is 15.2. The lowest BCUT2D eigenvalue weighted by Gasteiger charge is -2.16. The summed E-state index contributed by atoms with van der Waals surface area (Å²) in [6, 6.07) is 16.2. The summed E-state index contributed by atoms with van der Waals surface area (Å²) >= 11 is 0. The highest BCUT2D eigenvalue weighted by atomic mass is 19.1. The van der Waals surface area contributed by atoms with E-state index in [0.717, 1.165) is 31.2 Å². The lowest BCUT2D eigenvalue weighted by atomic mass is 10.0. The van der Waals surface area contributed by atoms with Crippen molar-refractivity contribution in [1.29, 1.82) is 5.26 Å². The molecule has 7 rings (SSSR count). The molecule has 3 heterocycles. The molecule has 9 nitrogen and oxygen atoms in total. The average Bonchev–Trinajstić information content (AvgIpc) is 3.90. The summed E-state index contributed by atoms with van der Waals surface area (Å²) in [5.41, 5.74) is 9.59. The molecule has 0 aliphatic heterocycles. The molecular weight excluding hydrogens is 521 g/mol. The number of aliphatic hydroxyl groups excluding tert-OH is 1. The summed E-state index contributed by atoms with van der Waals surface area (Å²) in [7, 11) is 0. The van der Waals surface area contributed by atoms with Gasteiger partial charge in [-0.25, -0.2) is 9.37 Å². The topological polar surface area (TPSA) is 135 Å². The van der Waals surface area contributed by atoms with Gasteiger partial charge in [-0.2, -0.15) is 10.2 Å². The van der Waals surface area contributed by atoms with Crippen molar-refractivity contribution in [2.75, 3.05) is 11.1 Å². The maximum absolute atomic E-state index is 15.2. The van der Waals surface area contributed by atoms with Crippen LogP contribution in [0.1, 0.15) is 54.5 Å². The Kier molecular flexibility index (Phi) is 5.83. The molecule has 0 bridgehead atoms. The number of nitrogens with one attached hydrogen (secondary N) is 1. The number of halogens is 1. The van der Waals surface area contributed by atoms with Crippen LogP contribution in [0.5, 0.6) is 0 Å². The van der Waals surface area contributed by atoms with Crippen molar-refractivity contribution in [3.8, 4) is 23.0 Å². The second-order valence-corrected chi connectivity index (χ2v) is 10.7. The minimum absolute atomic E-state index is 0.0128. The van der Waals surface area contributed by atoms with Crippen LogP contribution in [0.15, 0.2) is 65.7 Å². The number of pyridine rings is 1. The van der Waals surface area contributed by atoms with Crippen LogP contribution in [-0.2, 0) is 6.61 Å². The Morgan fingerprint density at radius 1 is 1.12 bits per heavy atom. The predicted octanol–water partition coefficient (Wildman–Crippen LogP) is 5.29. The molecule has 5 aromatic rings. The van der Waals surface area contributed by atoms with E-state index in [2.05, 4.69) is 21.4 Å². The predicted molar refractivity (Wildman–Crippen MR) is 154 cm³/mol. The molecule has 0 unspecified atom stereocenters. The van der Waals surface area contributed by atoms with Crippen LogP contribution >= 0.6 is 0 Å². The Labute approximate surface area is 234 Å². The van der Waals surface area contributed by atoms with Crippen molar-refractivity contribution >= 4 is 28.2 Å². The summed E-state index contributed by atoms with van der Waals surface area (Å²) in [6.45, 7) is -0.401. The first-order valence-corrected chi connectivity index (χ1v) is 13.6. The Morgan fingerprint density at radius 2 is 1.95 bits per heavy atom. The average molecular weight is 548 g/mol. The molecule has 10 heteroatoms. The molecule has 2 aliphatic rings. The number of rotatable bonds is 7. The Balaban J connectivity index is 1.29.